The number of amides is 1. The van der Waals surface area contributed by atoms with Crippen LogP contribution in [0.5, 0.6) is 5.75 Å². The molecule has 18 heavy (non-hydrogen) atoms. The first-order valence-corrected chi connectivity index (χ1v) is 5.38. The summed E-state index contributed by atoms with van der Waals surface area (Å²) in [6.45, 7) is 0.124. The molecule has 1 heterocycles. The molecule has 1 amide bonds. The van der Waals surface area contributed by atoms with Crippen LogP contribution >= 0.6 is 0 Å². The van der Waals surface area contributed by atoms with Crippen LogP contribution in [-0.4, -0.2) is 30.6 Å². The molecule has 2 atom stereocenters. The third kappa shape index (κ3) is 2.01. The Balaban J connectivity index is 2.36. The predicted molar refractivity (Wildman–Crippen MR) is 59.8 cm³/mol. The van der Waals surface area contributed by atoms with E-state index in [1.807, 2.05) is 0 Å². The largest absolute Gasteiger partial charge is 0.497 e. The number of carboxylic acid groups (broad SMARTS) is 1. The number of carbonyl (C=O) groups excluding carboxylic acids is 1. The molecule has 0 saturated carbocycles. The average Bonchev–Trinajstić information content (AvgIpc) is 2.70. The zero-order valence-electron chi connectivity index (χ0n) is 9.64. The van der Waals surface area contributed by atoms with E-state index in [0.29, 0.717) is 5.75 Å². The van der Waals surface area contributed by atoms with Gasteiger partial charge in [-0.2, -0.15) is 0 Å². The predicted octanol–water partition coefficient (Wildman–Crippen LogP) is 0.748. The Kier molecular flexibility index (Phi) is 3.18. The molecule has 1 aliphatic rings. The van der Waals surface area contributed by atoms with Crippen molar-refractivity contribution in [2.24, 2.45) is 5.92 Å². The molecule has 1 aromatic rings. The van der Waals surface area contributed by atoms with Crippen molar-refractivity contribution in [1.29, 1.82) is 0 Å². The highest BCUT2D eigenvalue weighted by Gasteiger charge is 2.42. The van der Waals surface area contributed by atoms with Crippen molar-refractivity contribution in [3.05, 3.63) is 29.6 Å². The molecule has 2 rings (SSSR count). The number of benzene rings is 1. The quantitative estimate of drug-likeness (QED) is 0.779. The Morgan fingerprint density at radius 3 is 2.83 bits per heavy atom. The second-order valence-electron chi connectivity index (χ2n) is 4.05. The molecular formula is C12H12FNO4. The number of methoxy groups -OCH3 is 1. The summed E-state index contributed by atoms with van der Waals surface area (Å²) in [5.41, 5.74) is 0.210. The summed E-state index contributed by atoms with van der Waals surface area (Å²) >= 11 is 0. The van der Waals surface area contributed by atoms with E-state index < -0.39 is 29.5 Å². The molecule has 1 fully saturated rings. The number of aliphatic carboxylic acids is 1. The van der Waals surface area contributed by atoms with E-state index >= 15 is 0 Å². The fourth-order valence-corrected chi connectivity index (χ4v) is 2.13. The molecular weight excluding hydrogens is 241 g/mol. The van der Waals surface area contributed by atoms with Gasteiger partial charge in [-0.3, -0.25) is 9.59 Å². The smallest absolute Gasteiger partial charge is 0.316 e. The van der Waals surface area contributed by atoms with Crippen LogP contribution in [0.1, 0.15) is 11.5 Å². The van der Waals surface area contributed by atoms with Crippen molar-refractivity contribution in [1.82, 2.24) is 5.32 Å². The van der Waals surface area contributed by atoms with Crippen molar-refractivity contribution in [3.8, 4) is 5.75 Å². The Morgan fingerprint density at radius 2 is 2.28 bits per heavy atom. The van der Waals surface area contributed by atoms with Crippen LogP contribution < -0.4 is 10.1 Å². The van der Waals surface area contributed by atoms with E-state index in [-0.39, 0.29) is 12.1 Å². The van der Waals surface area contributed by atoms with Crippen LogP contribution in [-0.2, 0) is 9.59 Å². The van der Waals surface area contributed by atoms with Gasteiger partial charge in [0.05, 0.1) is 7.11 Å². The standard InChI is InChI=1S/C12H12FNO4/c1-18-6-2-3-7(9(13)4-6)8-5-14-11(15)10(8)12(16)17/h2-4,8,10H,5H2,1H3,(H,14,15)(H,16,17)/t8-,10-/m1/s1. The molecule has 6 heteroatoms. The lowest BCUT2D eigenvalue weighted by Crippen LogP contribution is -2.27. The average molecular weight is 253 g/mol. The van der Waals surface area contributed by atoms with Crippen LogP contribution in [0.2, 0.25) is 0 Å². The molecule has 96 valence electrons. The maximum Gasteiger partial charge on any atom is 0.316 e. The lowest BCUT2D eigenvalue weighted by molar-refractivity contribution is -0.145. The van der Waals surface area contributed by atoms with Crippen molar-refractivity contribution in [2.45, 2.75) is 5.92 Å². The summed E-state index contributed by atoms with van der Waals surface area (Å²) in [6.07, 6.45) is 0. The number of carbonyl (C=O) groups is 2. The van der Waals surface area contributed by atoms with Gasteiger partial charge in [-0.25, -0.2) is 4.39 Å². The minimum Gasteiger partial charge on any atom is -0.497 e. The van der Waals surface area contributed by atoms with Crippen LogP contribution in [0.25, 0.3) is 0 Å². The number of hydrogen-bond donors (Lipinski definition) is 2. The number of rotatable bonds is 3. The monoisotopic (exact) mass is 253 g/mol. The van der Waals surface area contributed by atoms with E-state index in [2.05, 4.69) is 5.32 Å². The lowest BCUT2D eigenvalue weighted by atomic mass is 9.88. The van der Waals surface area contributed by atoms with Crippen molar-refractivity contribution < 1.29 is 23.8 Å². The Hall–Kier alpha value is -2.11. The van der Waals surface area contributed by atoms with E-state index in [1.54, 1.807) is 6.07 Å². The summed E-state index contributed by atoms with van der Waals surface area (Å²) in [5.74, 6) is -3.98. The van der Waals surface area contributed by atoms with Crippen molar-refractivity contribution in [2.75, 3.05) is 13.7 Å². The first-order chi connectivity index (χ1) is 8.54. The molecule has 0 unspecified atom stereocenters. The van der Waals surface area contributed by atoms with E-state index in [4.69, 9.17) is 9.84 Å². The van der Waals surface area contributed by atoms with Crippen LogP contribution in [0.4, 0.5) is 4.39 Å². The van der Waals surface area contributed by atoms with E-state index in [1.165, 1.54) is 19.2 Å². The van der Waals surface area contributed by atoms with Gasteiger partial charge in [-0.05, 0) is 11.6 Å². The number of ether oxygens (including phenoxy) is 1. The van der Waals surface area contributed by atoms with Gasteiger partial charge in [0.25, 0.3) is 0 Å². The topological polar surface area (TPSA) is 75.6 Å². The fourth-order valence-electron chi connectivity index (χ4n) is 2.13. The van der Waals surface area contributed by atoms with Gasteiger partial charge < -0.3 is 15.2 Å². The molecule has 1 saturated heterocycles. The summed E-state index contributed by atoms with van der Waals surface area (Å²) in [7, 11) is 1.41. The lowest BCUT2D eigenvalue weighted by Gasteiger charge is -2.14. The SMILES string of the molecule is COc1ccc([C@H]2CNC(=O)[C@@H]2C(=O)O)c(F)c1. The highest BCUT2D eigenvalue weighted by atomic mass is 19.1. The normalized spacial score (nSPS) is 22.7. The summed E-state index contributed by atoms with van der Waals surface area (Å²) in [6, 6.07) is 4.17. The summed E-state index contributed by atoms with van der Waals surface area (Å²) < 4.78 is 18.7. The molecule has 1 aromatic carbocycles. The molecule has 2 N–H and O–H groups in total. The van der Waals surface area contributed by atoms with Crippen molar-refractivity contribution >= 4 is 11.9 Å². The molecule has 0 spiro atoms. The third-order valence-corrected chi connectivity index (χ3v) is 3.05. The van der Waals surface area contributed by atoms with Gasteiger partial charge >= 0.3 is 5.97 Å². The number of hydrogen-bond acceptors (Lipinski definition) is 3. The maximum absolute atomic E-state index is 13.8. The molecule has 0 bridgehead atoms. The van der Waals surface area contributed by atoms with Gasteiger partial charge in [0.15, 0.2) is 0 Å². The Morgan fingerprint density at radius 1 is 1.56 bits per heavy atom. The minimum atomic E-state index is -1.25. The number of carboxylic acids is 1. The van der Waals surface area contributed by atoms with Crippen LogP contribution in [0.15, 0.2) is 18.2 Å². The van der Waals surface area contributed by atoms with Crippen molar-refractivity contribution in [3.63, 3.8) is 0 Å². The Bertz CT molecular complexity index is 503. The fraction of sp³-hybridized carbons (Fsp3) is 0.333. The molecule has 5 nitrogen and oxygen atoms in total. The van der Waals surface area contributed by atoms with Gasteiger partial charge in [-0.1, -0.05) is 6.07 Å². The van der Waals surface area contributed by atoms with Gasteiger partial charge in [0.2, 0.25) is 5.91 Å². The minimum absolute atomic E-state index is 0.124. The number of halogens is 1. The van der Waals surface area contributed by atoms with E-state index in [9.17, 15) is 14.0 Å². The Labute approximate surface area is 103 Å². The summed E-state index contributed by atoms with van der Waals surface area (Å²) in [4.78, 5) is 22.4. The second kappa shape index (κ2) is 4.64. The van der Waals surface area contributed by atoms with Crippen LogP contribution in [0.3, 0.4) is 0 Å². The van der Waals surface area contributed by atoms with Gasteiger partial charge in [-0.15, -0.1) is 0 Å². The zero-order chi connectivity index (χ0) is 13.3. The highest BCUT2D eigenvalue weighted by Crippen LogP contribution is 2.32. The molecule has 0 aromatic heterocycles. The summed E-state index contributed by atoms with van der Waals surface area (Å²) in [5, 5.41) is 11.4. The first kappa shape index (κ1) is 12.3. The zero-order valence-corrected chi connectivity index (χ0v) is 9.64. The molecule has 0 radical (unpaired) electrons. The van der Waals surface area contributed by atoms with E-state index in [0.717, 1.165) is 0 Å². The maximum atomic E-state index is 13.8. The molecule has 0 aliphatic carbocycles. The van der Waals surface area contributed by atoms with Crippen LogP contribution in [0, 0.1) is 11.7 Å². The van der Waals surface area contributed by atoms with Gasteiger partial charge in [0.1, 0.15) is 17.5 Å². The van der Waals surface area contributed by atoms with Gasteiger partial charge in [0, 0.05) is 18.5 Å². The third-order valence-electron chi connectivity index (χ3n) is 3.05. The molecule has 1 aliphatic heterocycles. The highest BCUT2D eigenvalue weighted by molar-refractivity contribution is 5.99. The first-order valence-electron chi connectivity index (χ1n) is 5.38. The second-order valence-corrected chi connectivity index (χ2v) is 4.05. The number of nitrogens with one attached hydrogen (secondary N) is 1.